The lowest BCUT2D eigenvalue weighted by molar-refractivity contribution is -0.138. The predicted molar refractivity (Wildman–Crippen MR) is 104 cm³/mol. The minimum Gasteiger partial charge on any atom is -0.497 e. The number of nitrogens with zero attached hydrogens (tertiary/aromatic N) is 1. The number of hydrogen-bond acceptors (Lipinski definition) is 3. The van der Waals surface area contributed by atoms with Gasteiger partial charge in [-0.3, -0.25) is 4.99 Å². The first-order valence-corrected chi connectivity index (χ1v) is 9.51. The lowest BCUT2D eigenvalue weighted by Gasteiger charge is -2.30. The zero-order valence-corrected chi connectivity index (χ0v) is 16.8. The Morgan fingerprint density at radius 3 is 2.46 bits per heavy atom. The Bertz CT molecular complexity index is 657. The molecule has 1 aliphatic rings. The van der Waals surface area contributed by atoms with Crippen LogP contribution in [0.1, 0.15) is 43.2 Å². The van der Waals surface area contributed by atoms with E-state index in [9.17, 15) is 13.2 Å². The lowest BCUT2D eigenvalue weighted by atomic mass is 9.83. The van der Waals surface area contributed by atoms with E-state index in [4.69, 9.17) is 9.47 Å². The maximum atomic E-state index is 13.4. The van der Waals surface area contributed by atoms with Crippen molar-refractivity contribution in [3.8, 4) is 5.75 Å². The molecule has 0 saturated heterocycles. The second kappa shape index (κ2) is 10.0. The molecule has 1 fully saturated rings. The number of hydrogen-bond donors (Lipinski definition) is 2. The van der Waals surface area contributed by atoms with E-state index in [0.29, 0.717) is 12.6 Å². The highest BCUT2D eigenvalue weighted by Crippen LogP contribution is 2.40. The molecule has 0 aromatic heterocycles. The van der Waals surface area contributed by atoms with Gasteiger partial charge in [-0.25, -0.2) is 0 Å². The molecular formula is C20H30F3N3O2. The zero-order valence-electron chi connectivity index (χ0n) is 16.8. The molecule has 0 radical (unpaired) electrons. The number of aliphatic imine (C=N–C) groups is 1. The Kier molecular flexibility index (Phi) is 7.98. The summed E-state index contributed by atoms with van der Waals surface area (Å²) in [5, 5.41) is 6.29. The number of benzene rings is 1. The minimum absolute atomic E-state index is 0.0174. The summed E-state index contributed by atoms with van der Waals surface area (Å²) in [6.07, 6.45) is 1.14. The molecule has 0 unspecified atom stereocenters. The molecule has 2 rings (SSSR count). The fourth-order valence-electron chi connectivity index (χ4n) is 3.73. The number of methoxy groups -OCH3 is 2. The molecule has 0 spiro atoms. The van der Waals surface area contributed by atoms with Crippen LogP contribution in [0.4, 0.5) is 13.2 Å². The molecule has 8 heteroatoms. The van der Waals surface area contributed by atoms with Crippen molar-refractivity contribution in [2.75, 3.05) is 34.4 Å². The highest BCUT2D eigenvalue weighted by atomic mass is 19.4. The number of guanidine groups is 1. The molecule has 28 heavy (non-hydrogen) atoms. The quantitative estimate of drug-likeness (QED) is 0.511. The molecule has 0 heterocycles. The summed E-state index contributed by atoms with van der Waals surface area (Å²) in [6.45, 7) is 1.45. The second-order valence-corrected chi connectivity index (χ2v) is 7.25. The van der Waals surface area contributed by atoms with Gasteiger partial charge in [0, 0.05) is 33.9 Å². The highest BCUT2D eigenvalue weighted by molar-refractivity contribution is 5.79. The molecule has 5 nitrogen and oxygen atoms in total. The van der Waals surface area contributed by atoms with E-state index >= 15 is 0 Å². The molecule has 1 aromatic rings. The average Bonchev–Trinajstić information content (AvgIpc) is 3.15. The summed E-state index contributed by atoms with van der Waals surface area (Å²) in [5.74, 6) is 0.674. The fraction of sp³-hybridized carbons (Fsp3) is 0.650. The van der Waals surface area contributed by atoms with Gasteiger partial charge >= 0.3 is 6.18 Å². The average molecular weight is 401 g/mol. The van der Waals surface area contributed by atoms with Gasteiger partial charge in [-0.1, -0.05) is 18.9 Å². The number of ether oxygens (including phenoxy) is 2. The summed E-state index contributed by atoms with van der Waals surface area (Å²) in [5.41, 5.74) is -0.404. The van der Waals surface area contributed by atoms with Gasteiger partial charge in [-0.15, -0.1) is 0 Å². The van der Waals surface area contributed by atoms with Crippen molar-refractivity contribution in [1.82, 2.24) is 10.6 Å². The van der Waals surface area contributed by atoms with Crippen LogP contribution < -0.4 is 15.4 Å². The first kappa shape index (κ1) is 22.3. The summed E-state index contributed by atoms with van der Waals surface area (Å²) in [7, 11) is 4.66. The minimum atomic E-state index is -4.45. The molecular weight excluding hydrogens is 371 g/mol. The molecule has 1 saturated carbocycles. The largest absolute Gasteiger partial charge is 0.497 e. The summed E-state index contributed by atoms with van der Waals surface area (Å²) >= 11 is 0. The van der Waals surface area contributed by atoms with Gasteiger partial charge < -0.3 is 20.1 Å². The van der Waals surface area contributed by atoms with Gasteiger partial charge in [0.2, 0.25) is 0 Å². The summed E-state index contributed by atoms with van der Waals surface area (Å²) in [6, 6.07) is 3.98. The SMILES string of the molecule is CN=C(NCc1ccc(OC)cc1C(F)(F)F)NCC1(CCOC)CCCC1. The van der Waals surface area contributed by atoms with Crippen LogP contribution in [-0.4, -0.2) is 40.4 Å². The van der Waals surface area contributed by atoms with Crippen molar-refractivity contribution >= 4 is 5.96 Å². The third kappa shape index (κ3) is 6.02. The number of rotatable bonds is 8. The van der Waals surface area contributed by atoms with E-state index in [0.717, 1.165) is 31.9 Å². The molecule has 0 bridgehead atoms. The van der Waals surface area contributed by atoms with Gasteiger partial charge in [0.15, 0.2) is 5.96 Å². The number of halogens is 3. The van der Waals surface area contributed by atoms with Crippen molar-refractivity contribution in [2.24, 2.45) is 10.4 Å². The van der Waals surface area contributed by atoms with E-state index in [-0.39, 0.29) is 23.3 Å². The van der Waals surface area contributed by atoms with Crippen LogP contribution in [0.2, 0.25) is 0 Å². The van der Waals surface area contributed by atoms with Crippen molar-refractivity contribution in [3.63, 3.8) is 0 Å². The molecule has 1 aromatic carbocycles. The van der Waals surface area contributed by atoms with Gasteiger partial charge in [0.1, 0.15) is 5.75 Å². The van der Waals surface area contributed by atoms with Gasteiger partial charge in [0.05, 0.1) is 12.7 Å². The van der Waals surface area contributed by atoms with Gasteiger partial charge in [-0.2, -0.15) is 13.2 Å². The van der Waals surface area contributed by atoms with Crippen molar-refractivity contribution < 1.29 is 22.6 Å². The fourth-order valence-corrected chi connectivity index (χ4v) is 3.73. The van der Waals surface area contributed by atoms with Crippen LogP contribution in [0, 0.1) is 5.41 Å². The first-order chi connectivity index (χ1) is 13.3. The Labute approximate surface area is 164 Å². The summed E-state index contributed by atoms with van der Waals surface area (Å²) < 4.78 is 50.2. The maximum Gasteiger partial charge on any atom is 0.416 e. The van der Waals surface area contributed by atoms with Crippen LogP contribution in [0.3, 0.4) is 0 Å². The zero-order chi connectivity index (χ0) is 20.6. The highest BCUT2D eigenvalue weighted by Gasteiger charge is 2.35. The van der Waals surface area contributed by atoms with E-state index < -0.39 is 11.7 Å². The van der Waals surface area contributed by atoms with E-state index in [1.807, 2.05) is 0 Å². The van der Waals surface area contributed by atoms with Gasteiger partial charge in [0.25, 0.3) is 0 Å². The first-order valence-electron chi connectivity index (χ1n) is 9.51. The Hall–Kier alpha value is -1.96. The van der Waals surface area contributed by atoms with Crippen LogP contribution in [0.5, 0.6) is 5.75 Å². The van der Waals surface area contributed by atoms with Crippen LogP contribution >= 0.6 is 0 Å². The normalized spacial score (nSPS) is 16.9. The molecule has 1 aliphatic carbocycles. The third-order valence-electron chi connectivity index (χ3n) is 5.42. The predicted octanol–water partition coefficient (Wildman–Crippen LogP) is 3.98. The molecule has 158 valence electrons. The molecule has 0 atom stereocenters. The molecule has 2 N–H and O–H groups in total. The lowest BCUT2D eigenvalue weighted by Crippen LogP contribution is -2.43. The Morgan fingerprint density at radius 1 is 1.18 bits per heavy atom. The topological polar surface area (TPSA) is 54.9 Å². The van der Waals surface area contributed by atoms with E-state index in [1.54, 1.807) is 14.2 Å². The van der Waals surface area contributed by atoms with Crippen molar-refractivity contribution in [2.45, 2.75) is 44.8 Å². The maximum absolute atomic E-state index is 13.4. The van der Waals surface area contributed by atoms with E-state index in [1.165, 1.54) is 32.1 Å². The van der Waals surface area contributed by atoms with Crippen LogP contribution in [0.15, 0.2) is 23.2 Å². The summed E-state index contributed by atoms with van der Waals surface area (Å²) in [4.78, 5) is 4.16. The molecule has 0 amide bonds. The van der Waals surface area contributed by atoms with Crippen LogP contribution in [0.25, 0.3) is 0 Å². The monoisotopic (exact) mass is 401 g/mol. The van der Waals surface area contributed by atoms with Crippen LogP contribution in [-0.2, 0) is 17.5 Å². The van der Waals surface area contributed by atoms with Crippen molar-refractivity contribution in [1.29, 1.82) is 0 Å². The standard InChI is InChI=1S/C20H30F3N3O2/c1-24-18(26-14-19(10-11-27-2)8-4-5-9-19)25-13-15-6-7-16(28-3)12-17(15)20(21,22)23/h6-7,12H,4-5,8-11,13-14H2,1-3H3,(H2,24,25,26). The third-order valence-corrected chi connectivity index (χ3v) is 5.42. The Balaban J connectivity index is 2.00. The Morgan fingerprint density at radius 2 is 1.89 bits per heavy atom. The van der Waals surface area contributed by atoms with Crippen molar-refractivity contribution in [3.05, 3.63) is 29.3 Å². The smallest absolute Gasteiger partial charge is 0.416 e. The second-order valence-electron chi connectivity index (χ2n) is 7.25. The van der Waals surface area contributed by atoms with Gasteiger partial charge in [-0.05, 0) is 42.4 Å². The number of alkyl halides is 3. The molecule has 0 aliphatic heterocycles. The van der Waals surface area contributed by atoms with E-state index in [2.05, 4.69) is 15.6 Å². The number of nitrogens with one attached hydrogen (secondary N) is 2.